The van der Waals surface area contributed by atoms with Gasteiger partial charge in [-0.2, -0.15) is 5.26 Å². The maximum Gasteiger partial charge on any atom is 0.0991 e. The lowest BCUT2D eigenvalue weighted by Gasteiger charge is -2.30. The topological polar surface area (TPSA) is 23.8 Å². The summed E-state index contributed by atoms with van der Waals surface area (Å²) in [6.07, 6.45) is 0. The lowest BCUT2D eigenvalue weighted by molar-refractivity contribution is 0.793. The van der Waals surface area contributed by atoms with Crippen molar-refractivity contribution in [2.75, 3.05) is 0 Å². The van der Waals surface area contributed by atoms with Gasteiger partial charge in [0.2, 0.25) is 0 Å². The summed E-state index contributed by atoms with van der Waals surface area (Å²) >= 11 is 10.0. The van der Waals surface area contributed by atoms with Crippen LogP contribution in [-0.2, 0) is 5.41 Å². The maximum atomic E-state index is 9.79. The Kier molecular flexibility index (Phi) is 4.39. The van der Waals surface area contributed by atoms with Gasteiger partial charge in [-0.1, -0.05) is 94.3 Å². The number of hydrogen-bond acceptors (Lipinski definition) is 1. The largest absolute Gasteiger partial charge is 0.192 e. The van der Waals surface area contributed by atoms with Gasteiger partial charge in [0.15, 0.2) is 0 Å². The Bertz CT molecular complexity index is 1680. The van der Waals surface area contributed by atoms with Crippen LogP contribution in [0.3, 0.4) is 0 Å². The molecule has 35 heavy (non-hydrogen) atoms. The van der Waals surface area contributed by atoms with Crippen LogP contribution in [0.25, 0.3) is 33.4 Å². The third-order valence-corrected chi connectivity index (χ3v) is 8.09. The highest BCUT2D eigenvalue weighted by Crippen LogP contribution is 2.63. The second-order valence-electron chi connectivity index (χ2n) is 9.13. The molecule has 2 aliphatic carbocycles. The zero-order valence-corrected chi connectivity index (χ0v) is 20.9. The van der Waals surface area contributed by atoms with Crippen LogP contribution in [0, 0.1) is 11.3 Å². The summed E-state index contributed by atoms with van der Waals surface area (Å²) in [6, 6.07) is 38.6. The Balaban J connectivity index is 1.63. The molecule has 0 bridgehead atoms. The fraction of sp³-hybridized carbons (Fsp3) is 0.0312. The second-order valence-corrected chi connectivity index (χ2v) is 10.5. The molecule has 0 atom stereocenters. The molecule has 0 aromatic heterocycles. The van der Waals surface area contributed by atoms with Gasteiger partial charge in [-0.3, -0.25) is 0 Å². The van der Waals surface area contributed by atoms with Crippen LogP contribution in [0.4, 0.5) is 0 Å². The van der Waals surface area contributed by atoms with E-state index < -0.39 is 5.41 Å². The van der Waals surface area contributed by atoms with Crippen molar-refractivity contribution in [3.8, 4) is 39.4 Å². The van der Waals surface area contributed by atoms with E-state index in [0.717, 1.165) is 15.6 Å². The summed E-state index contributed by atoms with van der Waals surface area (Å²) in [6.45, 7) is 0. The van der Waals surface area contributed by atoms with E-state index in [0.29, 0.717) is 10.6 Å². The Labute approximate surface area is 217 Å². The summed E-state index contributed by atoms with van der Waals surface area (Å²) in [5.41, 5.74) is 12.2. The van der Waals surface area contributed by atoms with E-state index in [-0.39, 0.29) is 0 Å². The van der Waals surface area contributed by atoms with Crippen LogP contribution < -0.4 is 0 Å². The van der Waals surface area contributed by atoms with E-state index in [9.17, 15) is 5.26 Å². The Morgan fingerprint density at radius 3 is 1.86 bits per heavy atom. The van der Waals surface area contributed by atoms with Crippen molar-refractivity contribution in [3.63, 3.8) is 0 Å². The van der Waals surface area contributed by atoms with E-state index in [2.05, 4.69) is 107 Å². The van der Waals surface area contributed by atoms with Crippen molar-refractivity contribution in [2.24, 2.45) is 0 Å². The third kappa shape index (κ3) is 2.74. The predicted molar refractivity (Wildman–Crippen MR) is 146 cm³/mol. The number of benzene rings is 5. The lowest BCUT2D eigenvalue weighted by atomic mass is 9.70. The standard InChI is InChI=1S/C32H17BrClN/c33-22-14-21(15-23(34)17-22)20-10-12-27-26-11-9-19(18-35)13-30(26)32(31(27)16-20)28-7-3-1-5-24(28)25-6-2-4-8-29(25)32/h1-17H. The molecule has 0 aliphatic heterocycles. The van der Waals surface area contributed by atoms with E-state index in [1.807, 2.05) is 18.2 Å². The van der Waals surface area contributed by atoms with Gasteiger partial charge in [-0.25, -0.2) is 0 Å². The number of rotatable bonds is 1. The normalized spacial score (nSPS) is 13.6. The van der Waals surface area contributed by atoms with Gasteiger partial charge < -0.3 is 0 Å². The number of nitrogens with zero attached hydrogens (tertiary/aromatic N) is 1. The minimum absolute atomic E-state index is 0.476. The molecular formula is C32H17BrClN. The highest BCUT2D eigenvalue weighted by molar-refractivity contribution is 9.10. The quantitative estimate of drug-likeness (QED) is 0.208. The summed E-state index contributed by atoms with van der Waals surface area (Å²) in [4.78, 5) is 0. The molecular weight excluding hydrogens is 514 g/mol. The number of hydrogen-bond donors (Lipinski definition) is 0. The molecule has 1 spiro atoms. The van der Waals surface area contributed by atoms with Crippen LogP contribution in [0.15, 0.2) is 108 Å². The molecule has 5 aromatic rings. The minimum Gasteiger partial charge on any atom is -0.192 e. The lowest BCUT2D eigenvalue weighted by Crippen LogP contribution is -2.26. The molecule has 0 fully saturated rings. The van der Waals surface area contributed by atoms with E-state index >= 15 is 0 Å². The average molecular weight is 531 g/mol. The molecule has 0 saturated carbocycles. The monoisotopic (exact) mass is 529 g/mol. The molecule has 0 heterocycles. The molecule has 2 aliphatic rings. The van der Waals surface area contributed by atoms with Gasteiger partial charge in [0.1, 0.15) is 0 Å². The summed E-state index contributed by atoms with van der Waals surface area (Å²) in [5, 5.41) is 10.5. The van der Waals surface area contributed by atoms with Crippen molar-refractivity contribution in [2.45, 2.75) is 5.41 Å². The van der Waals surface area contributed by atoms with Crippen LogP contribution >= 0.6 is 27.5 Å². The first-order valence-corrected chi connectivity index (χ1v) is 12.6. The number of halogens is 2. The fourth-order valence-electron chi connectivity index (χ4n) is 6.11. The van der Waals surface area contributed by atoms with Gasteiger partial charge >= 0.3 is 0 Å². The summed E-state index contributed by atoms with van der Waals surface area (Å²) < 4.78 is 0.953. The molecule has 7 rings (SSSR count). The smallest absolute Gasteiger partial charge is 0.0991 e. The maximum absolute atomic E-state index is 9.79. The van der Waals surface area contributed by atoms with Crippen LogP contribution in [0.1, 0.15) is 27.8 Å². The van der Waals surface area contributed by atoms with E-state index in [1.165, 1.54) is 44.5 Å². The molecule has 0 saturated heterocycles. The van der Waals surface area contributed by atoms with Gasteiger partial charge in [0.05, 0.1) is 17.0 Å². The Morgan fingerprint density at radius 1 is 0.600 bits per heavy atom. The van der Waals surface area contributed by atoms with Crippen LogP contribution in [0.5, 0.6) is 0 Å². The van der Waals surface area contributed by atoms with Gasteiger partial charge in [0, 0.05) is 9.50 Å². The highest BCUT2D eigenvalue weighted by atomic mass is 79.9. The average Bonchev–Trinajstić information content (AvgIpc) is 3.34. The first-order chi connectivity index (χ1) is 17.1. The van der Waals surface area contributed by atoms with Gasteiger partial charge in [0.25, 0.3) is 0 Å². The molecule has 0 N–H and O–H groups in total. The molecule has 5 aromatic carbocycles. The van der Waals surface area contributed by atoms with Gasteiger partial charge in [-0.05, 0) is 92.0 Å². The van der Waals surface area contributed by atoms with Crippen LogP contribution in [0.2, 0.25) is 5.02 Å². The first kappa shape index (κ1) is 20.7. The minimum atomic E-state index is -0.476. The van der Waals surface area contributed by atoms with Crippen molar-refractivity contribution in [1.82, 2.24) is 0 Å². The van der Waals surface area contributed by atoms with Crippen molar-refractivity contribution in [3.05, 3.63) is 140 Å². The van der Waals surface area contributed by atoms with Crippen molar-refractivity contribution >= 4 is 27.5 Å². The SMILES string of the molecule is N#Cc1ccc2c(c1)C1(c3ccccc3-c3ccccc31)c1cc(-c3cc(Cl)cc(Br)c3)ccc1-2. The Hall–Kier alpha value is -3.64. The summed E-state index contributed by atoms with van der Waals surface area (Å²) in [5.74, 6) is 0. The molecule has 3 heteroatoms. The first-order valence-electron chi connectivity index (χ1n) is 11.5. The molecule has 0 amide bonds. The zero-order valence-electron chi connectivity index (χ0n) is 18.5. The Morgan fingerprint density at radius 2 is 1.20 bits per heavy atom. The van der Waals surface area contributed by atoms with E-state index in [1.54, 1.807) is 0 Å². The second kappa shape index (κ2) is 7.43. The van der Waals surface area contributed by atoms with Crippen molar-refractivity contribution in [1.29, 1.82) is 5.26 Å². The molecule has 0 radical (unpaired) electrons. The number of nitriles is 1. The molecule has 0 unspecified atom stereocenters. The summed E-state index contributed by atoms with van der Waals surface area (Å²) in [7, 11) is 0. The highest BCUT2D eigenvalue weighted by Gasteiger charge is 2.51. The zero-order chi connectivity index (χ0) is 23.7. The van der Waals surface area contributed by atoms with E-state index in [4.69, 9.17) is 11.6 Å². The van der Waals surface area contributed by atoms with Crippen LogP contribution in [-0.4, -0.2) is 0 Å². The van der Waals surface area contributed by atoms with Gasteiger partial charge in [-0.15, -0.1) is 0 Å². The van der Waals surface area contributed by atoms with Crippen molar-refractivity contribution < 1.29 is 0 Å². The predicted octanol–water partition coefficient (Wildman–Crippen LogP) is 8.98. The molecule has 164 valence electrons. The molecule has 1 nitrogen and oxygen atoms in total. The fourth-order valence-corrected chi connectivity index (χ4v) is 6.97. The number of fused-ring (bicyclic) bond motifs is 10. The third-order valence-electron chi connectivity index (χ3n) is 7.41.